The Hall–Kier alpha value is -1.07. The van der Waals surface area contributed by atoms with Gasteiger partial charge in [-0.05, 0) is 36.3 Å². The van der Waals surface area contributed by atoms with Crippen molar-refractivity contribution in [2.24, 2.45) is 0 Å². The molecule has 0 spiro atoms. The lowest BCUT2D eigenvalue weighted by atomic mass is 10.1. The lowest BCUT2D eigenvalue weighted by molar-refractivity contribution is 1.42. The zero-order chi connectivity index (χ0) is 8.97. The fourth-order valence-corrected chi connectivity index (χ4v) is 1.43. The summed E-state index contributed by atoms with van der Waals surface area (Å²) >= 11 is 3.38. The molecule has 0 aliphatic heterocycles. The zero-order valence-electron chi connectivity index (χ0n) is 6.71. The first kappa shape index (κ1) is 9.02. The summed E-state index contributed by atoms with van der Waals surface area (Å²) in [5.74, 6) is 0. The Morgan fingerprint density at radius 2 is 2.25 bits per heavy atom. The van der Waals surface area contributed by atoms with Crippen LogP contribution in [0.3, 0.4) is 0 Å². The van der Waals surface area contributed by atoms with E-state index in [2.05, 4.69) is 15.9 Å². The number of halogens is 1. The minimum absolute atomic E-state index is 1.06. The van der Waals surface area contributed by atoms with Gasteiger partial charge in [0.1, 0.15) is 0 Å². The van der Waals surface area contributed by atoms with Crippen LogP contribution in [0.4, 0.5) is 0 Å². The summed E-state index contributed by atoms with van der Waals surface area (Å²) in [6, 6.07) is 7.93. The third kappa shape index (κ3) is 2.21. The largest absolute Gasteiger partial charge is 0.193 e. The molecule has 0 N–H and O–H groups in total. The SMILES string of the molecule is Cc1cc(Br)ccc1/C=C/C#N. The maximum absolute atomic E-state index is 8.33. The maximum Gasteiger partial charge on any atom is 0.0912 e. The molecule has 1 aromatic rings. The molecule has 0 fully saturated rings. The molecule has 2 heteroatoms. The summed E-state index contributed by atoms with van der Waals surface area (Å²) in [5, 5.41) is 8.33. The monoisotopic (exact) mass is 221 g/mol. The van der Waals surface area contributed by atoms with Crippen LogP contribution in [0, 0.1) is 18.3 Å². The molecule has 0 atom stereocenters. The number of hydrogen-bond donors (Lipinski definition) is 0. The number of allylic oxidation sites excluding steroid dienone is 1. The van der Waals surface area contributed by atoms with Crippen LogP contribution < -0.4 is 0 Å². The Morgan fingerprint density at radius 1 is 1.50 bits per heavy atom. The maximum atomic E-state index is 8.33. The molecular formula is C10H8BrN. The van der Waals surface area contributed by atoms with Crippen molar-refractivity contribution in [2.45, 2.75) is 6.92 Å². The molecular weight excluding hydrogens is 214 g/mol. The van der Waals surface area contributed by atoms with E-state index in [-0.39, 0.29) is 0 Å². The smallest absolute Gasteiger partial charge is 0.0912 e. The quantitative estimate of drug-likeness (QED) is 0.668. The van der Waals surface area contributed by atoms with E-state index in [1.807, 2.05) is 37.3 Å². The Kier molecular flexibility index (Phi) is 3.07. The van der Waals surface area contributed by atoms with Gasteiger partial charge in [0.15, 0.2) is 0 Å². The van der Waals surface area contributed by atoms with E-state index in [1.54, 1.807) is 0 Å². The topological polar surface area (TPSA) is 23.8 Å². The lowest BCUT2D eigenvalue weighted by Crippen LogP contribution is -1.78. The Balaban J connectivity index is 3.03. The van der Waals surface area contributed by atoms with Gasteiger partial charge in [-0.1, -0.05) is 22.0 Å². The minimum Gasteiger partial charge on any atom is -0.193 e. The number of aryl methyl sites for hydroxylation is 1. The van der Waals surface area contributed by atoms with E-state index >= 15 is 0 Å². The average molecular weight is 222 g/mol. The number of rotatable bonds is 1. The highest BCUT2D eigenvalue weighted by atomic mass is 79.9. The molecule has 12 heavy (non-hydrogen) atoms. The molecule has 0 aromatic heterocycles. The van der Waals surface area contributed by atoms with Crippen molar-refractivity contribution in [3.05, 3.63) is 39.9 Å². The van der Waals surface area contributed by atoms with Crippen LogP contribution >= 0.6 is 15.9 Å². The average Bonchev–Trinajstić information content (AvgIpc) is 2.03. The van der Waals surface area contributed by atoms with Crippen molar-refractivity contribution in [3.8, 4) is 6.07 Å². The van der Waals surface area contributed by atoms with Crippen LogP contribution in [0.5, 0.6) is 0 Å². The van der Waals surface area contributed by atoms with Crippen molar-refractivity contribution >= 4 is 22.0 Å². The van der Waals surface area contributed by atoms with Crippen molar-refractivity contribution in [1.82, 2.24) is 0 Å². The predicted molar refractivity (Wildman–Crippen MR) is 53.5 cm³/mol. The van der Waals surface area contributed by atoms with Crippen LogP contribution in [-0.4, -0.2) is 0 Å². The standard InChI is InChI=1S/C10H8BrN/c1-8-7-10(11)5-4-9(8)3-2-6-12/h2-5,7H,1H3/b3-2+. The second-order valence-corrected chi connectivity index (χ2v) is 3.38. The van der Waals surface area contributed by atoms with Crippen molar-refractivity contribution in [3.63, 3.8) is 0 Å². The normalized spacial score (nSPS) is 10.1. The van der Waals surface area contributed by atoms with Gasteiger partial charge in [0.25, 0.3) is 0 Å². The molecule has 0 radical (unpaired) electrons. The molecule has 1 nitrogen and oxygen atoms in total. The molecule has 0 aliphatic carbocycles. The van der Waals surface area contributed by atoms with E-state index in [1.165, 1.54) is 6.08 Å². The molecule has 0 unspecified atom stereocenters. The van der Waals surface area contributed by atoms with Crippen LogP contribution in [0.15, 0.2) is 28.7 Å². The van der Waals surface area contributed by atoms with Crippen molar-refractivity contribution in [2.75, 3.05) is 0 Å². The Morgan fingerprint density at radius 3 is 2.83 bits per heavy atom. The van der Waals surface area contributed by atoms with Crippen molar-refractivity contribution in [1.29, 1.82) is 5.26 Å². The summed E-state index contributed by atoms with van der Waals surface area (Å²) in [7, 11) is 0. The zero-order valence-corrected chi connectivity index (χ0v) is 8.30. The molecule has 0 heterocycles. The number of nitriles is 1. The van der Waals surface area contributed by atoms with Crippen LogP contribution in [0.1, 0.15) is 11.1 Å². The van der Waals surface area contributed by atoms with Crippen LogP contribution in [-0.2, 0) is 0 Å². The number of benzene rings is 1. The van der Waals surface area contributed by atoms with Gasteiger partial charge in [0.05, 0.1) is 6.07 Å². The summed E-state index contributed by atoms with van der Waals surface area (Å²) in [6.45, 7) is 2.02. The van der Waals surface area contributed by atoms with E-state index in [9.17, 15) is 0 Å². The highest BCUT2D eigenvalue weighted by Crippen LogP contribution is 2.16. The number of nitrogens with zero attached hydrogens (tertiary/aromatic N) is 1. The van der Waals surface area contributed by atoms with Gasteiger partial charge in [-0.3, -0.25) is 0 Å². The van der Waals surface area contributed by atoms with Gasteiger partial charge in [-0.2, -0.15) is 5.26 Å². The first-order valence-corrected chi connectivity index (χ1v) is 4.35. The second kappa shape index (κ2) is 4.08. The first-order valence-electron chi connectivity index (χ1n) is 3.56. The van der Waals surface area contributed by atoms with Gasteiger partial charge in [0.2, 0.25) is 0 Å². The second-order valence-electron chi connectivity index (χ2n) is 2.46. The summed E-state index contributed by atoms with van der Waals surface area (Å²) in [6.07, 6.45) is 3.29. The predicted octanol–water partition coefficient (Wildman–Crippen LogP) is 3.29. The van der Waals surface area contributed by atoms with Crippen molar-refractivity contribution < 1.29 is 0 Å². The van der Waals surface area contributed by atoms with Gasteiger partial charge >= 0.3 is 0 Å². The molecule has 0 aliphatic rings. The highest BCUT2D eigenvalue weighted by molar-refractivity contribution is 9.10. The summed E-state index contributed by atoms with van der Waals surface area (Å²) in [5.41, 5.74) is 2.25. The fraction of sp³-hybridized carbons (Fsp3) is 0.100. The van der Waals surface area contributed by atoms with Crippen LogP contribution in [0.25, 0.3) is 6.08 Å². The Bertz CT molecular complexity index is 347. The molecule has 0 saturated heterocycles. The Labute approximate surface area is 80.5 Å². The van der Waals surface area contributed by atoms with Gasteiger partial charge < -0.3 is 0 Å². The minimum atomic E-state index is 1.06. The van der Waals surface area contributed by atoms with Gasteiger partial charge in [-0.25, -0.2) is 0 Å². The van der Waals surface area contributed by atoms with E-state index < -0.39 is 0 Å². The molecule has 0 saturated carbocycles. The molecule has 0 amide bonds. The first-order chi connectivity index (χ1) is 5.74. The number of hydrogen-bond acceptors (Lipinski definition) is 1. The molecule has 1 aromatic carbocycles. The molecule has 1 rings (SSSR count). The molecule has 60 valence electrons. The third-order valence-corrected chi connectivity index (χ3v) is 2.06. The van der Waals surface area contributed by atoms with E-state index in [0.29, 0.717) is 0 Å². The highest BCUT2D eigenvalue weighted by Gasteiger charge is 1.93. The summed E-state index contributed by atoms with van der Waals surface area (Å²) < 4.78 is 1.06. The van der Waals surface area contributed by atoms with Crippen LogP contribution in [0.2, 0.25) is 0 Å². The lowest BCUT2D eigenvalue weighted by Gasteiger charge is -1.98. The van der Waals surface area contributed by atoms with Gasteiger partial charge in [0, 0.05) is 10.5 Å². The third-order valence-electron chi connectivity index (χ3n) is 1.57. The van der Waals surface area contributed by atoms with Gasteiger partial charge in [-0.15, -0.1) is 0 Å². The molecule has 0 bridgehead atoms. The van der Waals surface area contributed by atoms with E-state index in [4.69, 9.17) is 5.26 Å². The van der Waals surface area contributed by atoms with E-state index in [0.717, 1.165) is 15.6 Å². The summed E-state index contributed by atoms with van der Waals surface area (Å²) in [4.78, 5) is 0. The fourth-order valence-electron chi connectivity index (χ4n) is 0.953.